The molecule has 106 valence electrons. The highest BCUT2D eigenvalue weighted by Gasteiger charge is 2.32. The van der Waals surface area contributed by atoms with Crippen LogP contribution in [-0.4, -0.2) is 6.04 Å². The second kappa shape index (κ2) is 5.06. The third-order valence-electron chi connectivity index (χ3n) is 4.03. The Morgan fingerprint density at radius 2 is 1.74 bits per heavy atom. The van der Waals surface area contributed by atoms with E-state index in [0.717, 1.165) is 31.4 Å². The minimum absolute atomic E-state index is 0.178. The largest absolute Gasteiger partial charge is 0.382 e. The van der Waals surface area contributed by atoms with E-state index in [1.807, 2.05) is 0 Å². The van der Waals surface area contributed by atoms with E-state index in [4.69, 9.17) is 0 Å². The number of anilines is 1. The second-order valence-electron chi connectivity index (χ2n) is 6.39. The lowest BCUT2D eigenvalue weighted by molar-refractivity contribution is 0.177. The highest BCUT2D eigenvalue weighted by molar-refractivity contribution is 5.45. The average Bonchev–Trinajstić information content (AvgIpc) is 2.29. The van der Waals surface area contributed by atoms with Crippen molar-refractivity contribution in [1.29, 1.82) is 0 Å². The van der Waals surface area contributed by atoms with Gasteiger partial charge in [0, 0.05) is 23.9 Å². The number of rotatable bonds is 2. The van der Waals surface area contributed by atoms with Gasteiger partial charge in [-0.3, -0.25) is 0 Å². The molecule has 19 heavy (non-hydrogen) atoms. The van der Waals surface area contributed by atoms with Gasteiger partial charge in [0.05, 0.1) is 0 Å². The number of hydrogen-bond acceptors (Lipinski definition) is 1. The van der Waals surface area contributed by atoms with Crippen molar-refractivity contribution in [3.8, 4) is 0 Å². The standard InChI is InChI=1S/C15H20F3N/c1-9-8-15(2,3)5-4-13(9)19-10-6-11(16)14(18)12(17)7-10/h6-7,9,13,19H,4-5,8H2,1-3H3. The molecule has 1 aliphatic carbocycles. The van der Waals surface area contributed by atoms with E-state index in [1.165, 1.54) is 0 Å². The van der Waals surface area contributed by atoms with Gasteiger partial charge in [-0.25, -0.2) is 13.2 Å². The van der Waals surface area contributed by atoms with E-state index in [0.29, 0.717) is 17.0 Å². The molecule has 0 saturated heterocycles. The maximum atomic E-state index is 13.2. The van der Waals surface area contributed by atoms with Crippen LogP contribution in [0.3, 0.4) is 0 Å². The van der Waals surface area contributed by atoms with Crippen LogP contribution in [0.2, 0.25) is 0 Å². The van der Waals surface area contributed by atoms with Gasteiger partial charge in [0.2, 0.25) is 0 Å². The number of benzene rings is 1. The van der Waals surface area contributed by atoms with Crippen molar-refractivity contribution in [2.45, 2.75) is 46.1 Å². The highest BCUT2D eigenvalue weighted by atomic mass is 19.2. The molecule has 0 bridgehead atoms. The van der Waals surface area contributed by atoms with Crippen molar-refractivity contribution in [1.82, 2.24) is 0 Å². The maximum Gasteiger partial charge on any atom is 0.194 e. The smallest absolute Gasteiger partial charge is 0.194 e. The summed E-state index contributed by atoms with van der Waals surface area (Å²) in [6.07, 6.45) is 3.09. The minimum atomic E-state index is -1.41. The maximum absolute atomic E-state index is 13.2. The van der Waals surface area contributed by atoms with Gasteiger partial charge in [-0.2, -0.15) is 0 Å². The molecule has 2 atom stereocenters. The normalized spacial score (nSPS) is 26.2. The molecule has 0 aromatic heterocycles. The Labute approximate surface area is 112 Å². The van der Waals surface area contributed by atoms with Gasteiger partial charge in [0.15, 0.2) is 17.5 Å². The first-order chi connectivity index (χ1) is 8.78. The van der Waals surface area contributed by atoms with E-state index in [9.17, 15) is 13.2 Å². The van der Waals surface area contributed by atoms with Crippen LogP contribution < -0.4 is 5.32 Å². The Bertz CT molecular complexity index is 447. The summed E-state index contributed by atoms with van der Waals surface area (Å²) in [6.45, 7) is 6.60. The molecule has 1 fully saturated rings. The molecule has 1 aromatic carbocycles. The lowest BCUT2D eigenvalue weighted by atomic mass is 9.70. The summed E-state index contributed by atoms with van der Waals surface area (Å²) in [4.78, 5) is 0. The van der Waals surface area contributed by atoms with Crippen LogP contribution in [0.25, 0.3) is 0 Å². The summed E-state index contributed by atoms with van der Waals surface area (Å²) in [5.74, 6) is -3.29. The number of halogens is 3. The molecule has 2 unspecified atom stereocenters. The van der Waals surface area contributed by atoms with Crippen molar-refractivity contribution in [2.75, 3.05) is 5.32 Å². The van der Waals surface area contributed by atoms with Crippen molar-refractivity contribution < 1.29 is 13.2 Å². The predicted molar refractivity (Wildman–Crippen MR) is 70.5 cm³/mol. The molecule has 1 nitrogen and oxygen atoms in total. The Kier molecular flexibility index (Phi) is 3.79. The molecule has 1 aliphatic rings. The van der Waals surface area contributed by atoms with Crippen LogP contribution in [0.15, 0.2) is 12.1 Å². The highest BCUT2D eigenvalue weighted by Crippen LogP contribution is 2.39. The average molecular weight is 271 g/mol. The summed E-state index contributed by atoms with van der Waals surface area (Å²) in [5.41, 5.74) is 0.629. The van der Waals surface area contributed by atoms with E-state index >= 15 is 0 Å². The zero-order valence-electron chi connectivity index (χ0n) is 11.6. The molecule has 0 aliphatic heterocycles. The third kappa shape index (κ3) is 3.23. The molecule has 2 rings (SSSR count). The number of nitrogens with one attached hydrogen (secondary N) is 1. The van der Waals surface area contributed by atoms with E-state index in [2.05, 4.69) is 26.1 Å². The van der Waals surface area contributed by atoms with Gasteiger partial charge in [0.1, 0.15) is 0 Å². The lowest BCUT2D eigenvalue weighted by Crippen LogP contribution is -2.36. The first-order valence-electron chi connectivity index (χ1n) is 6.69. The molecule has 0 heterocycles. The Balaban J connectivity index is 2.10. The van der Waals surface area contributed by atoms with Crippen LogP contribution in [0, 0.1) is 28.8 Å². The summed E-state index contributed by atoms with van der Waals surface area (Å²) in [7, 11) is 0. The first kappa shape index (κ1) is 14.2. The van der Waals surface area contributed by atoms with Gasteiger partial charge in [-0.1, -0.05) is 20.8 Å². The first-order valence-corrected chi connectivity index (χ1v) is 6.69. The summed E-state index contributed by atoms with van der Waals surface area (Å²) in [6, 6.07) is 2.22. The predicted octanol–water partition coefficient (Wildman–Crippen LogP) is 4.73. The molecule has 1 aromatic rings. The molecule has 1 saturated carbocycles. The molecule has 4 heteroatoms. The Morgan fingerprint density at radius 1 is 1.16 bits per heavy atom. The minimum Gasteiger partial charge on any atom is -0.382 e. The summed E-state index contributed by atoms with van der Waals surface area (Å²) in [5, 5.41) is 3.13. The molecule has 0 amide bonds. The molecule has 0 spiro atoms. The van der Waals surface area contributed by atoms with E-state index in [-0.39, 0.29) is 6.04 Å². The van der Waals surface area contributed by atoms with Gasteiger partial charge in [-0.15, -0.1) is 0 Å². The van der Waals surface area contributed by atoms with Gasteiger partial charge < -0.3 is 5.32 Å². The topological polar surface area (TPSA) is 12.0 Å². The zero-order chi connectivity index (χ0) is 14.2. The monoisotopic (exact) mass is 271 g/mol. The van der Waals surface area contributed by atoms with Gasteiger partial charge >= 0.3 is 0 Å². The fourth-order valence-corrected chi connectivity index (χ4v) is 3.01. The fraction of sp³-hybridized carbons (Fsp3) is 0.600. The van der Waals surface area contributed by atoms with Crippen molar-refractivity contribution in [3.05, 3.63) is 29.6 Å². The second-order valence-corrected chi connectivity index (χ2v) is 6.39. The van der Waals surface area contributed by atoms with Crippen LogP contribution in [0.5, 0.6) is 0 Å². The van der Waals surface area contributed by atoms with Crippen molar-refractivity contribution in [3.63, 3.8) is 0 Å². The molecular formula is C15H20F3N. The quantitative estimate of drug-likeness (QED) is 0.767. The third-order valence-corrected chi connectivity index (χ3v) is 4.03. The van der Waals surface area contributed by atoms with Crippen LogP contribution >= 0.6 is 0 Å². The van der Waals surface area contributed by atoms with Crippen molar-refractivity contribution >= 4 is 5.69 Å². The Hall–Kier alpha value is -1.19. The number of hydrogen-bond donors (Lipinski definition) is 1. The fourth-order valence-electron chi connectivity index (χ4n) is 3.01. The van der Waals surface area contributed by atoms with Gasteiger partial charge in [-0.05, 0) is 30.6 Å². The SMILES string of the molecule is CC1CC(C)(C)CCC1Nc1cc(F)c(F)c(F)c1. The lowest BCUT2D eigenvalue weighted by Gasteiger charge is -2.40. The zero-order valence-corrected chi connectivity index (χ0v) is 11.6. The van der Waals surface area contributed by atoms with E-state index < -0.39 is 17.5 Å². The van der Waals surface area contributed by atoms with Gasteiger partial charge in [0.25, 0.3) is 0 Å². The molecule has 1 N–H and O–H groups in total. The van der Waals surface area contributed by atoms with Crippen LogP contribution in [0.4, 0.5) is 18.9 Å². The van der Waals surface area contributed by atoms with Crippen LogP contribution in [0.1, 0.15) is 40.0 Å². The molecular weight excluding hydrogens is 251 g/mol. The van der Waals surface area contributed by atoms with E-state index in [1.54, 1.807) is 0 Å². The summed E-state index contributed by atoms with van der Waals surface area (Å²) >= 11 is 0. The summed E-state index contributed by atoms with van der Waals surface area (Å²) < 4.78 is 39.2. The van der Waals surface area contributed by atoms with Crippen molar-refractivity contribution in [2.24, 2.45) is 11.3 Å². The van der Waals surface area contributed by atoms with Crippen LogP contribution in [-0.2, 0) is 0 Å². The molecule has 0 radical (unpaired) electrons. The Morgan fingerprint density at radius 3 is 2.26 bits per heavy atom.